The van der Waals surface area contributed by atoms with Gasteiger partial charge in [-0.1, -0.05) is 32.1 Å². The predicted octanol–water partition coefficient (Wildman–Crippen LogP) is 2.65. The van der Waals surface area contributed by atoms with Crippen LogP contribution >= 0.6 is 0 Å². The van der Waals surface area contributed by atoms with Crippen LogP contribution in [0.2, 0.25) is 0 Å². The highest BCUT2D eigenvalue weighted by Crippen LogP contribution is 2.27. The molecule has 0 bridgehead atoms. The Labute approximate surface area is 104 Å². The number of aryl methyl sites for hydroxylation is 1. The van der Waals surface area contributed by atoms with Gasteiger partial charge >= 0.3 is 0 Å². The van der Waals surface area contributed by atoms with E-state index in [-0.39, 0.29) is 6.04 Å². The third-order valence-corrected chi connectivity index (χ3v) is 4.04. The maximum Gasteiger partial charge on any atom is 0.109 e. The molecule has 0 aliphatic heterocycles. The number of hydrogen-bond acceptors (Lipinski definition) is 2. The summed E-state index contributed by atoms with van der Waals surface area (Å²) in [5.74, 6) is 2.05. The minimum absolute atomic E-state index is 0.276. The molecule has 1 unspecified atom stereocenters. The van der Waals surface area contributed by atoms with Gasteiger partial charge < -0.3 is 10.3 Å². The van der Waals surface area contributed by atoms with E-state index in [4.69, 9.17) is 5.73 Å². The van der Waals surface area contributed by atoms with Gasteiger partial charge in [0.25, 0.3) is 0 Å². The van der Waals surface area contributed by atoms with Crippen molar-refractivity contribution in [2.75, 3.05) is 0 Å². The van der Waals surface area contributed by atoms with E-state index in [9.17, 15) is 0 Å². The Morgan fingerprint density at radius 1 is 1.41 bits per heavy atom. The Morgan fingerprint density at radius 3 is 2.82 bits per heavy atom. The summed E-state index contributed by atoms with van der Waals surface area (Å²) in [5.41, 5.74) is 6.20. The van der Waals surface area contributed by atoms with Gasteiger partial charge in [0.15, 0.2) is 0 Å². The first-order valence-electron chi connectivity index (χ1n) is 6.97. The van der Waals surface area contributed by atoms with Crippen LogP contribution in [-0.4, -0.2) is 15.6 Å². The van der Waals surface area contributed by atoms with Crippen molar-refractivity contribution in [3.8, 4) is 0 Å². The lowest BCUT2D eigenvalue weighted by atomic mass is 9.85. The van der Waals surface area contributed by atoms with Gasteiger partial charge in [-0.05, 0) is 18.8 Å². The van der Waals surface area contributed by atoms with E-state index in [0.717, 1.165) is 24.6 Å². The van der Waals surface area contributed by atoms with Crippen LogP contribution in [0.3, 0.4) is 0 Å². The van der Waals surface area contributed by atoms with Crippen LogP contribution in [0.15, 0.2) is 12.4 Å². The molecule has 1 atom stereocenters. The average Bonchev–Trinajstić information content (AvgIpc) is 2.74. The molecule has 1 aromatic rings. The molecule has 1 aliphatic carbocycles. The van der Waals surface area contributed by atoms with Crippen molar-refractivity contribution in [3.05, 3.63) is 18.2 Å². The van der Waals surface area contributed by atoms with Crippen molar-refractivity contribution < 1.29 is 0 Å². The maximum atomic E-state index is 6.20. The topological polar surface area (TPSA) is 43.8 Å². The fourth-order valence-electron chi connectivity index (χ4n) is 2.86. The molecular formula is C14H25N3. The summed E-state index contributed by atoms with van der Waals surface area (Å²) >= 11 is 0. The Balaban J connectivity index is 1.70. The molecule has 96 valence electrons. The SMILES string of the molecule is Cn1ccnc1CC(N)CCC1CCCCC1. The number of nitrogens with zero attached hydrogens (tertiary/aromatic N) is 2. The Kier molecular flexibility index (Phi) is 4.60. The van der Waals surface area contributed by atoms with E-state index in [2.05, 4.69) is 9.55 Å². The zero-order valence-corrected chi connectivity index (χ0v) is 10.9. The largest absolute Gasteiger partial charge is 0.338 e. The third kappa shape index (κ3) is 3.84. The van der Waals surface area contributed by atoms with Gasteiger partial charge in [-0.3, -0.25) is 0 Å². The van der Waals surface area contributed by atoms with E-state index in [1.807, 2.05) is 19.4 Å². The highest BCUT2D eigenvalue weighted by molar-refractivity contribution is 4.93. The second-order valence-corrected chi connectivity index (χ2v) is 5.50. The van der Waals surface area contributed by atoms with E-state index in [1.54, 1.807) is 0 Å². The Hall–Kier alpha value is -0.830. The molecule has 2 rings (SSSR count). The first-order chi connectivity index (χ1) is 8.25. The van der Waals surface area contributed by atoms with E-state index in [0.29, 0.717) is 0 Å². The van der Waals surface area contributed by atoms with Crippen LogP contribution in [0, 0.1) is 5.92 Å². The summed E-state index contributed by atoms with van der Waals surface area (Å²) in [6, 6.07) is 0.276. The lowest BCUT2D eigenvalue weighted by Gasteiger charge is -2.22. The molecule has 0 spiro atoms. The number of nitrogens with two attached hydrogens (primary N) is 1. The average molecular weight is 235 g/mol. The zero-order valence-electron chi connectivity index (χ0n) is 10.9. The molecule has 0 amide bonds. The summed E-state index contributed by atoms with van der Waals surface area (Å²) < 4.78 is 2.07. The molecular weight excluding hydrogens is 210 g/mol. The summed E-state index contributed by atoms with van der Waals surface area (Å²) in [5, 5.41) is 0. The van der Waals surface area contributed by atoms with Crippen molar-refractivity contribution in [2.24, 2.45) is 18.7 Å². The van der Waals surface area contributed by atoms with Crippen LogP contribution in [0.1, 0.15) is 50.8 Å². The number of rotatable bonds is 5. The van der Waals surface area contributed by atoms with Gasteiger partial charge in [0.2, 0.25) is 0 Å². The quantitative estimate of drug-likeness (QED) is 0.852. The first-order valence-corrected chi connectivity index (χ1v) is 6.97. The lowest BCUT2D eigenvalue weighted by Crippen LogP contribution is -2.25. The Morgan fingerprint density at radius 2 is 2.18 bits per heavy atom. The van der Waals surface area contributed by atoms with Crippen molar-refractivity contribution in [3.63, 3.8) is 0 Å². The minimum Gasteiger partial charge on any atom is -0.338 e. The normalized spacial score (nSPS) is 19.4. The number of imidazole rings is 1. The second-order valence-electron chi connectivity index (χ2n) is 5.50. The first kappa shape index (κ1) is 12.6. The highest BCUT2D eigenvalue weighted by Gasteiger charge is 2.15. The Bertz CT molecular complexity index is 326. The van der Waals surface area contributed by atoms with Crippen LogP contribution in [0.4, 0.5) is 0 Å². The summed E-state index contributed by atoms with van der Waals surface area (Å²) in [6.07, 6.45) is 14.4. The van der Waals surface area contributed by atoms with Gasteiger partial charge in [0.1, 0.15) is 5.82 Å². The van der Waals surface area contributed by atoms with Crippen LogP contribution < -0.4 is 5.73 Å². The molecule has 0 aromatic carbocycles. The van der Waals surface area contributed by atoms with Gasteiger partial charge in [0.05, 0.1) is 0 Å². The molecule has 2 N–H and O–H groups in total. The maximum absolute atomic E-state index is 6.20. The molecule has 1 heterocycles. The van der Waals surface area contributed by atoms with Gasteiger partial charge in [-0.2, -0.15) is 0 Å². The van der Waals surface area contributed by atoms with Crippen molar-refractivity contribution >= 4 is 0 Å². The number of aromatic nitrogens is 2. The predicted molar refractivity (Wildman–Crippen MR) is 70.7 cm³/mol. The molecule has 1 fully saturated rings. The van der Waals surface area contributed by atoms with E-state index in [1.165, 1.54) is 38.5 Å². The van der Waals surface area contributed by atoms with E-state index >= 15 is 0 Å². The molecule has 0 radical (unpaired) electrons. The molecule has 1 aliphatic rings. The molecule has 17 heavy (non-hydrogen) atoms. The van der Waals surface area contributed by atoms with Gasteiger partial charge in [-0.15, -0.1) is 0 Å². The van der Waals surface area contributed by atoms with Crippen LogP contribution in [0.25, 0.3) is 0 Å². The fraction of sp³-hybridized carbons (Fsp3) is 0.786. The number of hydrogen-bond donors (Lipinski definition) is 1. The standard InChI is InChI=1S/C14H25N3/c1-17-10-9-16-14(17)11-13(15)8-7-12-5-3-2-4-6-12/h9-10,12-13H,2-8,11,15H2,1H3. The van der Waals surface area contributed by atoms with Crippen LogP contribution in [-0.2, 0) is 13.5 Å². The monoisotopic (exact) mass is 235 g/mol. The third-order valence-electron chi connectivity index (χ3n) is 4.04. The lowest BCUT2D eigenvalue weighted by molar-refractivity contribution is 0.322. The second kappa shape index (κ2) is 6.20. The molecule has 1 saturated carbocycles. The van der Waals surface area contributed by atoms with Crippen molar-refractivity contribution in [1.82, 2.24) is 9.55 Å². The van der Waals surface area contributed by atoms with Gasteiger partial charge in [-0.25, -0.2) is 4.98 Å². The van der Waals surface area contributed by atoms with Crippen molar-refractivity contribution in [2.45, 2.75) is 57.4 Å². The fourth-order valence-corrected chi connectivity index (χ4v) is 2.86. The van der Waals surface area contributed by atoms with Gasteiger partial charge in [0, 0.05) is 31.9 Å². The highest BCUT2D eigenvalue weighted by atomic mass is 15.0. The van der Waals surface area contributed by atoms with Crippen LogP contribution in [0.5, 0.6) is 0 Å². The van der Waals surface area contributed by atoms with Crippen molar-refractivity contribution in [1.29, 1.82) is 0 Å². The smallest absolute Gasteiger partial charge is 0.109 e. The molecule has 1 aromatic heterocycles. The summed E-state index contributed by atoms with van der Waals surface area (Å²) in [7, 11) is 2.04. The van der Waals surface area contributed by atoms with E-state index < -0.39 is 0 Å². The summed E-state index contributed by atoms with van der Waals surface area (Å²) in [6.45, 7) is 0. The minimum atomic E-state index is 0.276. The molecule has 3 heteroatoms. The zero-order chi connectivity index (χ0) is 12.1. The molecule has 0 saturated heterocycles. The molecule has 3 nitrogen and oxygen atoms in total. The summed E-state index contributed by atoms with van der Waals surface area (Å²) in [4.78, 5) is 4.33.